The second-order valence-corrected chi connectivity index (χ2v) is 7.43. The first-order valence-corrected chi connectivity index (χ1v) is 9.18. The summed E-state index contributed by atoms with van der Waals surface area (Å²) >= 11 is 0. The summed E-state index contributed by atoms with van der Waals surface area (Å²) in [5, 5.41) is 12.4. The minimum absolute atomic E-state index is 0.181. The Morgan fingerprint density at radius 2 is 2.10 bits per heavy atom. The Hall–Kier alpha value is -3.27. The zero-order valence-electron chi connectivity index (χ0n) is 16.7. The van der Waals surface area contributed by atoms with Crippen LogP contribution in [0, 0.1) is 0 Å². The molecule has 3 aromatic rings. The Morgan fingerprint density at radius 3 is 2.73 bits per heavy atom. The van der Waals surface area contributed by atoms with Gasteiger partial charge in [0, 0.05) is 24.7 Å². The maximum Gasteiger partial charge on any atom is 0.321 e. The predicted octanol–water partition coefficient (Wildman–Crippen LogP) is 2.86. The van der Waals surface area contributed by atoms with Crippen molar-refractivity contribution < 1.29 is 23.4 Å². The highest BCUT2D eigenvalue weighted by Gasteiger charge is 2.19. The van der Waals surface area contributed by atoms with Crippen molar-refractivity contribution in [3.8, 4) is 5.75 Å². The smallest absolute Gasteiger partial charge is 0.321 e. The summed E-state index contributed by atoms with van der Waals surface area (Å²) in [5.74, 6) is -0.546. The second kappa shape index (κ2) is 8.23. The highest BCUT2D eigenvalue weighted by Crippen LogP contribution is 2.27. The largest absolute Gasteiger partial charge is 0.494 e. The first-order valence-electron chi connectivity index (χ1n) is 9.18. The van der Waals surface area contributed by atoms with Crippen LogP contribution < -0.4 is 15.6 Å². The number of methoxy groups -OCH3 is 1. The molecule has 0 aliphatic carbocycles. The van der Waals surface area contributed by atoms with E-state index in [0.29, 0.717) is 24.2 Å². The Bertz CT molecular complexity index is 1130. The fourth-order valence-electron chi connectivity index (χ4n) is 2.91. The Morgan fingerprint density at radius 1 is 1.37 bits per heavy atom. The molecular weight excluding hydrogens is 398 g/mol. The molecule has 0 bridgehead atoms. The number of carbonyl (C=O) groups is 1. The van der Waals surface area contributed by atoms with Crippen LogP contribution in [0.25, 0.3) is 5.65 Å². The molecule has 0 aliphatic rings. The molecule has 3 aromatic heterocycles. The van der Waals surface area contributed by atoms with Crippen LogP contribution in [0.15, 0.2) is 41.6 Å². The summed E-state index contributed by atoms with van der Waals surface area (Å²) < 4.78 is 33.0. The number of anilines is 1. The number of halogens is 2. The van der Waals surface area contributed by atoms with Gasteiger partial charge in [-0.25, -0.2) is 4.98 Å². The minimum atomic E-state index is -3.05. The SMILES string of the molecule is COc1cc2nc(CCC(C)(C)O)cn2cc1NC(=O)c1cccn(C(F)F)c1=O. The molecule has 0 unspecified atom stereocenters. The summed E-state index contributed by atoms with van der Waals surface area (Å²) in [5.41, 5.74) is -0.791. The number of aryl methyl sites for hydroxylation is 1. The number of rotatable bonds is 7. The molecule has 0 saturated heterocycles. The van der Waals surface area contributed by atoms with Crippen molar-refractivity contribution in [3.63, 3.8) is 0 Å². The van der Waals surface area contributed by atoms with Crippen LogP contribution in [-0.4, -0.2) is 37.7 Å². The van der Waals surface area contributed by atoms with Crippen molar-refractivity contribution in [2.75, 3.05) is 12.4 Å². The van der Waals surface area contributed by atoms with Crippen LogP contribution in [0.1, 0.15) is 42.9 Å². The third kappa shape index (κ3) is 4.65. The number of hydrogen-bond acceptors (Lipinski definition) is 5. The number of nitrogens with one attached hydrogen (secondary N) is 1. The monoisotopic (exact) mass is 420 g/mol. The lowest BCUT2D eigenvalue weighted by atomic mass is 10.0. The molecule has 0 aromatic carbocycles. The number of carbonyl (C=O) groups excluding carboxylic acids is 1. The molecule has 2 N–H and O–H groups in total. The van der Waals surface area contributed by atoms with E-state index in [0.717, 1.165) is 11.9 Å². The predicted molar refractivity (Wildman–Crippen MR) is 106 cm³/mol. The van der Waals surface area contributed by atoms with Crippen molar-refractivity contribution in [2.45, 2.75) is 38.8 Å². The quantitative estimate of drug-likeness (QED) is 0.613. The fourth-order valence-corrected chi connectivity index (χ4v) is 2.91. The number of amides is 1. The summed E-state index contributed by atoms with van der Waals surface area (Å²) in [6, 6.07) is 3.98. The van der Waals surface area contributed by atoms with Crippen LogP contribution in [0.3, 0.4) is 0 Å². The van der Waals surface area contributed by atoms with Gasteiger partial charge in [-0.05, 0) is 38.8 Å². The van der Waals surface area contributed by atoms with Gasteiger partial charge in [0.05, 0.1) is 18.4 Å². The summed E-state index contributed by atoms with van der Waals surface area (Å²) in [6.45, 7) is 0.375. The van der Waals surface area contributed by atoms with Gasteiger partial charge in [-0.3, -0.25) is 14.2 Å². The number of alkyl halides is 2. The second-order valence-electron chi connectivity index (χ2n) is 7.43. The molecule has 0 saturated carbocycles. The first kappa shape index (κ1) is 21.4. The number of nitrogens with zero attached hydrogens (tertiary/aromatic N) is 3. The van der Waals surface area contributed by atoms with Crippen LogP contribution >= 0.6 is 0 Å². The molecule has 0 spiro atoms. The van der Waals surface area contributed by atoms with Crippen molar-refractivity contribution in [1.29, 1.82) is 0 Å². The Labute approximate surface area is 170 Å². The molecule has 0 radical (unpaired) electrons. The van der Waals surface area contributed by atoms with E-state index in [-0.39, 0.29) is 10.3 Å². The van der Waals surface area contributed by atoms with Crippen molar-refractivity contribution in [2.24, 2.45) is 0 Å². The van der Waals surface area contributed by atoms with Crippen LogP contribution in [0.5, 0.6) is 5.75 Å². The first-order chi connectivity index (χ1) is 14.1. The molecule has 8 nitrogen and oxygen atoms in total. The molecule has 0 aliphatic heterocycles. The fraction of sp³-hybridized carbons (Fsp3) is 0.350. The zero-order chi connectivity index (χ0) is 22.1. The van der Waals surface area contributed by atoms with Crippen molar-refractivity contribution in [1.82, 2.24) is 14.0 Å². The maximum absolute atomic E-state index is 12.9. The molecular formula is C20H22F2N4O4. The molecule has 30 heavy (non-hydrogen) atoms. The average molecular weight is 420 g/mol. The van der Waals surface area contributed by atoms with Crippen LogP contribution in [0.2, 0.25) is 0 Å². The molecule has 0 fully saturated rings. The number of hydrogen-bond donors (Lipinski definition) is 2. The van der Waals surface area contributed by atoms with E-state index in [9.17, 15) is 23.5 Å². The van der Waals surface area contributed by atoms with E-state index in [1.807, 2.05) is 0 Å². The van der Waals surface area contributed by atoms with E-state index in [1.54, 1.807) is 36.7 Å². The van der Waals surface area contributed by atoms with E-state index in [1.165, 1.54) is 19.2 Å². The van der Waals surface area contributed by atoms with Gasteiger partial charge in [0.1, 0.15) is 22.6 Å². The minimum Gasteiger partial charge on any atom is -0.494 e. The van der Waals surface area contributed by atoms with Gasteiger partial charge >= 0.3 is 6.55 Å². The molecule has 3 heterocycles. The van der Waals surface area contributed by atoms with E-state index in [2.05, 4.69) is 10.3 Å². The number of imidazole rings is 1. The van der Waals surface area contributed by atoms with Gasteiger partial charge in [-0.1, -0.05) is 0 Å². The van der Waals surface area contributed by atoms with Gasteiger partial charge in [-0.15, -0.1) is 0 Å². The van der Waals surface area contributed by atoms with Crippen molar-refractivity contribution in [3.05, 3.63) is 58.4 Å². The Balaban J connectivity index is 1.91. The molecule has 10 heteroatoms. The lowest BCUT2D eigenvalue weighted by Gasteiger charge is -2.15. The molecule has 0 atom stereocenters. The number of aliphatic hydroxyl groups is 1. The lowest BCUT2D eigenvalue weighted by molar-refractivity contribution is 0.0658. The van der Waals surface area contributed by atoms with Gasteiger partial charge in [0.2, 0.25) is 0 Å². The van der Waals surface area contributed by atoms with Crippen LogP contribution in [-0.2, 0) is 6.42 Å². The Kier molecular flexibility index (Phi) is 5.88. The van der Waals surface area contributed by atoms with Crippen molar-refractivity contribution >= 4 is 17.2 Å². The van der Waals surface area contributed by atoms with Gasteiger partial charge < -0.3 is 19.6 Å². The van der Waals surface area contributed by atoms with E-state index in [4.69, 9.17) is 4.74 Å². The summed E-state index contributed by atoms with van der Waals surface area (Å²) in [6.07, 6.45) is 5.29. The number of ether oxygens (including phenoxy) is 1. The van der Waals surface area contributed by atoms with Gasteiger partial charge in [0.25, 0.3) is 11.5 Å². The maximum atomic E-state index is 12.9. The van der Waals surface area contributed by atoms with Crippen LogP contribution in [0.4, 0.5) is 14.5 Å². The number of pyridine rings is 2. The standard InChI is InChI=1S/C20H22F2N4O4/c1-20(2,29)7-6-12-10-25-11-14(15(30-3)9-16(25)23-12)24-17(27)13-5-4-8-26(18(13)28)19(21)22/h4-5,8-11,19,29H,6-7H2,1-3H3,(H,24,27). The van der Waals surface area contributed by atoms with E-state index >= 15 is 0 Å². The topological polar surface area (TPSA) is 97.9 Å². The number of aromatic nitrogens is 3. The third-order valence-electron chi connectivity index (χ3n) is 4.50. The van der Waals surface area contributed by atoms with Gasteiger partial charge in [-0.2, -0.15) is 8.78 Å². The zero-order valence-corrected chi connectivity index (χ0v) is 16.7. The molecule has 1 amide bonds. The highest BCUT2D eigenvalue weighted by atomic mass is 19.3. The molecule has 160 valence electrons. The lowest BCUT2D eigenvalue weighted by Crippen LogP contribution is -2.29. The summed E-state index contributed by atoms with van der Waals surface area (Å²) in [7, 11) is 1.41. The molecule has 3 rings (SSSR count). The number of fused-ring (bicyclic) bond motifs is 1. The average Bonchev–Trinajstić information content (AvgIpc) is 3.06. The normalized spacial score (nSPS) is 11.8. The summed E-state index contributed by atoms with van der Waals surface area (Å²) in [4.78, 5) is 29.1. The third-order valence-corrected chi connectivity index (χ3v) is 4.50. The van der Waals surface area contributed by atoms with E-state index < -0.39 is 29.2 Å². The van der Waals surface area contributed by atoms with Gasteiger partial charge in [0.15, 0.2) is 0 Å². The highest BCUT2D eigenvalue weighted by molar-refractivity contribution is 6.04.